The first kappa shape index (κ1) is 44.7. The monoisotopic (exact) mass is 739 g/mol. The topological polar surface area (TPSA) is 154 Å². The third kappa shape index (κ3) is 19.8. The molecule has 2 rings (SSSR count). The van der Waals surface area contributed by atoms with E-state index in [0.29, 0.717) is 85.2 Å². The van der Waals surface area contributed by atoms with Crippen LogP contribution in [-0.2, 0) is 45.5 Å². The van der Waals surface area contributed by atoms with E-state index in [4.69, 9.17) is 18.0 Å². The lowest BCUT2D eigenvalue weighted by molar-refractivity contribution is -0.143. The highest BCUT2D eigenvalue weighted by atomic mass is 28.4. The number of esters is 1. The Bertz CT molecular complexity index is 1100. The molecule has 0 spiro atoms. The summed E-state index contributed by atoms with van der Waals surface area (Å²) in [5.74, 6) is -1.89. The summed E-state index contributed by atoms with van der Waals surface area (Å²) in [5.41, 5.74) is 2.40. The second-order valence-corrected chi connectivity index (χ2v) is 15.5. The molecule has 0 aliphatic carbocycles. The van der Waals surface area contributed by atoms with Crippen molar-refractivity contribution in [3.8, 4) is 0 Å². The lowest BCUT2D eigenvalue weighted by Crippen LogP contribution is -2.46. The van der Waals surface area contributed by atoms with Gasteiger partial charge in [0, 0.05) is 111 Å². The minimum Gasteiger partial charge on any atom is -0.481 e. The Balaban J connectivity index is 2.05. The normalized spacial score (nSPS) is 16.4. The number of nitrogens with one attached hydrogen (secondary N) is 1. The Morgan fingerprint density at radius 2 is 1.08 bits per heavy atom. The summed E-state index contributed by atoms with van der Waals surface area (Å²) in [6.07, 6.45) is 1.30. The Morgan fingerprint density at radius 1 is 0.647 bits per heavy atom. The summed E-state index contributed by atoms with van der Waals surface area (Å²) in [6.45, 7) is 19.2. The maximum absolute atomic E-state index is 12.2. The van der Waals surface area contributed by atoms with Crippen LogP contribution >= 0.6 is 0 Å². The van der Waals surface area contributed by atoms with Gasteiger partial charge in [-0.15, -0.1) is 0 Å². The highest BCUT2D eigenvalue weighted by Gasteiger charge is 2.39. The van der Waals surface area contributed by atoms with Crippen molar-refractivity contribution in [2.45, 2.75) is 72.5 Å². The molecule has 0 amide bonds. The number of carboxylic acid groups (broad SMARTS) is 2. The summed E-state index contributed by atoms with van der Waals surface area (Å²) < 4.78 is 23.1. The lowest BCUT2D eigenvalue weighted by atomic mass is 10.1. The molecule has 1 aliphatic rings. The van der Waals surface area contributed by atoms with Gasteiger partial charge >= 0.3 is 26.7 Å². The molecule has 1 aromatic rings. The van der Waals surface area contributed by atoms with E-state index < -0.39 is 20.7 Å². The maximum atomic E-state index is 12.2. The Morgan fingerprint density at radius 3 is 1.51 bits per heavy atom. The predicted molar refractivity (Wildman–Crippen MR) is 199 cm³/mol. The summed E-state index contributed by atoms with van der Waals surface area (Å²) in [4.78, 5) is 43.9. The number of carboxylic acids is 2. The van der Waals surface area contributed by atoms with Gasteiger partial charge in [-0.3, -0.25) is 19.3 Å². The molecule has 1 heterocycles. The van der Waals surface area contributed by atoms with E-state index in [1.54, 1.807) is 6.92 Å². The number of hydrogen-bond acceptors (Lipinski definition) is 12. The average Bonchev–Trinajstić information content (AvgIpc) is 3.09. The lowest BCUT2D eigenvalue weighted by Gasteiger charge is -2.34. The van der Waals surface area contributed by atoms with Gasteiger partial charge in [-0.05, 0) is 51.8 Å². The first-order valence-electron chi connectivity index (χ1n) is 18.8. The minimum atomic E-state index is -2.63. The van der Waals surface area contributed by atoms with Crippen LogP contribution in [0, 0.1) is 0 Å². The van der Waals surface area contributed by atoms with Crippen LogP contribution in [0.15, 0.2) is 24.3 Å². The van der Waals surface area contributed by atoms with Crippen molar-refractivity contribution in [1.29, 1.82) is 0 Å². The zero-order valence-electron chi connectivity index (χ0n) is 31.6. The molecular weight excluding hydrogens is 675 g/mol. The smallest absolute Gasteiger partial charge is 0.481 e. The van der Waals surface area contributed by atoms with Crippen molar-refractivity contribution in [2.24, 2.45) is 0 Å². The number of nitrogens with zero attached hydrogens (tertiary/aromatic N) is 4. The van der Waals surface area contributed by atoms with E-state index >= 15 is 0 Å². The number of benzene rings is 1. The molecule has 0 radical (unpaired) electrons. The van der Waals surface area contributed by atoms with Crippen LogP contribution in [0.4, 0.5) is 0 Å². The summed E-state index contributed by atoms with van der Waals surface area (Å²) >= 11 is 0. The molecule has 51 heavy (non-hydrogen) atoms. The fraction of sp³-hybridized carbons (Fsp3) is 0.750. The first-order valence-corrected chi connectivity index (χ1v) is 20.7. The van der Waals surface area contributed by atoms with Crippen LogP contribution < -0.4 is 5.32 Å². The average molecular weight is 740 g/mol. The molecule has 0 bridgehead atoms. The second-order valence-electron chi connectivity index (χ2n) is 12.7. The first-order chi connectivity index (χ1) is 24.6. The van der Waals surface area contributed by atoms with Gasteiger partial charge in [0.25, 0.3) is 0 Å². The van der Waals surface area contributed by atoms with Gasteiger partial charge in [0.1, 0.15) is 0 Å². The molecule has 1 fully saturated rings. The van der Waals surface area contributed by atoms with E-state index in [9.17, 15) is 24.6 Å². The number of rotatable bonds is 24. The number of hydrogen-bond donors (Lipinski definition) is 3. The molecule has 15 heteroatoms. The van der Waals surface area contributed by atoms with E-state index in [1.165, 1.54) is 11.1 Å². The molecule has 1 aromatic carbocycles. The van der Waals surface area contributed by atoms with Crippen molar-refractivity contribution >= 4 is 26.7 Å². The minimum absolute atomic E-state index is 0.0417. The van der Waals surface area contributed by atoms with Gasteiger partial charge in [0.2, 0.25) is 0 Å². The molecule has 0 saturated carbocycles. The zero-order valence-corrected chi connectivity index (χ0v) is 32.6. The number of carbonyl (C=O) groups excluding carboxylic acids is 1. The van der Waals surface area contributed by atoms with Crippen molar-refractivity contribution in [1.82, 2.24) is 24.9 Å². The van der Waals surface area contributed by atoms with Crippen molar-refractivity contribution in [3.63, 3.8) is 0 Å². The maximum Gasteiger partial charge on any atom is 0.500 e. The van der Waals surface area contributed by atoms with Crippen LogP contribution in [-0.4, -0.2) is 161 Å². The molecule has 292 valence electrons. The summed E-state index contributed by atoms with van der Waals surface area (Å²) in [7, 11) is -2.63. The van der Waals surface area contributed by atoms with Crippen LogP contribution in [0.3, 0.4) is 0 Å². The second kappa shape index (κ2) is 26.3. The standard InChI is InChI=1S/C36H65N5O9Si/c1-5-47-36(46)16-20-40-24-23-38(18-14-34(42)43)21-22-39(19-15-35(44)45)25-27-41(28-26-40)31-33-12-10-32(11-13-33)30-37-17-9-29-51(48-6-2,49-7-3)50-8-4/h10-13,37H,5-9,14-31H2,1-4H3,(H,42,43)(H,44,45). The van der Waals surface area contributed by atoms with E-state index in [2.05, 4.69) is 49.2 Å². The van der Waals surface area contributed by atoms with Crippen LogP contribution in [0.1, 0.15) is 64.5 Å². The molecule has 3 N–H and O–H groups in total. The number of carbonyl (C=O) groups is 3. The molecule has 0 unspecified atom stereocenters. The largest absolute Gasteiger partial charge is 0.500 e. The molecule has 1 saturated heterocycles. The fourth-order valence-corrected chi connectivity index (χ4v) is 8.69. The third-order valence-corrected chi connectivity index (χ3v) is 12.0. The van der Waals surface area contributed by atoms with E-state index in [1.807, 2.05) is 20.8 Å². The van der Waals surface area contributed by atoms with Gasteiger partial charge in [0.15, 0.2) is 0 Å². The highest BCUT2D eigenvalue weighted by molar-refractivity contribution is 6.60. The van der Waals surface area contributed by atoms with E-state index in [-0.39, 0.29) is 18.8 Å². The summed E-state index contributed by atoms with van der Waals surface area (Å²) in [5, 5.41) is 22.2. The Kier molecular flexibility index (Phi) is 23.1. The quantitative estimate of drug-likeness (QED) is 0.0809. The molecular formula is C36H65N5O9Si. The van der Waals surface area contributed by atoms with Gasteiger partial charge in [-0.2, -0.15) is 0 Å². The number of ether oxygens (including phenoxy) is 1. The fourth-order valence-electron chi connectivity index (χ4n) is 6.08. The highest BCUT2D eigenvalue weighted by Crippen LogP contribution is 2.18. The van der Waals surface area contributed by atoms with Gasteiger partial charge < -0.3 is 48.2 Å². The SMILES string of the molecule is CCOC(=O)CCN1CCN(CCC(=O)O)CCN(CCC(=O)O)CCN(Cc2ccc(CNCCC[Si](OCC)(OCC)OCC)cc2)CC1. The Labute approximate surface area is 306 Å². The molecule has 14 nitrogen and oxygen atoms in total. The third-order valence-electron chi connectivity index (χ3n) is 8.84. The molecule has 1 aliphatic heterocycles. The van der Waals surface area contributed by atoms with Crippen molar-refractivity contribution < 1.29 is 42.6 Å². The van der Waals surface area contributed by atoms with E-state index in [0.717, 1.165) is 51.7 Å². The molecule has 0 aromatic heterocycles. The predicted octanol–water partition coefficient (Wildman–Crippen LogP) is 2.84. The van der Waals surface area contributed by atoms with Crippen LogP contribution in [0.2, 0.25) is 6.04 Å². The zero-order chi connectivity index (χ0) is 37.3. The van der Waals surface area contributed by atoms with Gasteiger partial charge in [0.05, 0.1) is 25.9 Å². The molecule has 0 atom stereocenters. The van der Waals surface area contributed by atoms with Crippen LogP contribution in [0.25, 0.3) is 0 Å². The van der Waals surface area contributed by atoms with Crippen molar-refractivity contribution in [3.05, 3.63) is 35.4 Å². The van der Waals surface area contributed by atoms with Crippen LogP contribution in [0.5, 0.6) is 0 Å². The Hall–Kier alpha value is -2.47. The number of aliphatic carboxylic acids is 2. The summed E-state index contributed by atoms with van der Waals surface area (Å²) in [6, 6.07) is 9.45. The van der Waals surface area contributed by atoms with Gasteiger partial charge in [-0.1, -0.05) is 24.3 Å². The van der Waals surface area contributed by atoms with Gasteiger partial charge in [-0.25, -0.2) is 0 Å². The van der Waals surface area contributed by atoms with Crippen molar-refractivity contribution in [2.75, 3.05) is 105 Å².